The number of hydrogen-bond donors (Lipinski definition) is 1. The van der Waals surface area contributed by atoms with Crippen LogP contribution >= 0.6 is 23.2 Å². The molecule has 8 heteroatoms. The second kappa shape index (κ2) is 10.4. The normalized spacial score (nSPS) is 10.6. The summed E-state index contributed by atoms with van der Waals surface area (Å²) in [5, 5.41) is 8.18. The minimum absolute atomic E-state index is 0.234. The van der Waals surface area contributed by atoms with Crippen LogP contribution in [0.5, 0.6) is 11.5 Å². The summed E-state index contributed by atoms with van der Waals surface area (Å²) in [5.74, 6) is 1.08. The molecule has 4 rings (SSSR count). The third-order valence-corrected chi connectivity index (χ3v) is 5.38. The van der Waals surface area contributed by atoms with Gasteiger partial charge >= 0.3 is 0 Å². The van der Waals surface area contributed by atoms with Gasteiger partial charge in [0.15, 0.2) is 0 Å². The molecule has 6 nitrogen and oxygen atoms in total. The summed E-state index contributed by atoms with van der Waals surface area (Å²) in [6.45, 7) is 0.827. The van der Waals surface area contributed by atoms with Crippen LogP contribution in [0.1, 0.15) is 21.5 Å². The van der Waals surface area contributed by atoms with Crippen LogP contribution in [0, 0.1) is 0 Å². The summed E-state index contributed by atoms with van der Waals surface area (Å²) in [7, 11) is 1.63. The smallest absolute Gasteiger partial charge is 0.255 e. The molecule has 0 saturated carbocycles. The topological polar surface area (TPSA) is 65.4 Å². The van der Waals surface area contributed by atoms with Crippen molar-refractivity contribution in [2.24, 2.45) is 0 Å². The monoisotopic (exact) mass is 481 g/mol. The van der Waals surface area contributed by atoms with Gasteiger partial charge in [-0.25, -0.2) is 0 Å². The van der Waals surface area contributed by atoms with Gasteiger partial charge in [-0.2, -0.15) is 5.10 Å². The standard InChI is InChI=1S/C25H21Cl2N3O3/c1-32-22-7-3-4-17(11-22)14-30-15-21(13-28-30)29-25(31)19-6-2-5-18(10-19)16-33-24-9-8-20(26)12-23(24)27/h2-13,15H,14,16H2,1H3,(H,29,31). The van der Waals surface area contributed by atoms with E-state index in [1.165, 1.54) is 0 Å². The maximum atomic E-state index is 12.7. The van der Waals surface area contributed by atoms with E-state index in [4.69, 9.17) is 32.7 Å². The van der Waals surface area contributed by atoms with Crippen LogP contribution in [0.2, 0.25) is 10.0 Å². The average Bonchev–Trinajstić information content (AvgIpc) is 3.25. The zero-order chi connectivity index (χ0) is 23.2. The number of aromatic nitrogens is 2. The number of halogens is 2. The second-order valence-corrected chi connectivity index (χ2v) is 8.14. The molecule has 1 heterocycles. The minimum atomic E-state index is -0.234. The van der Waals surface area contributed by atoms with Crippen LogP contribution in [0.3, 0.4) is 0 Å². The Kier molecular flexibility index (Phi) is 7.17. The number of anilines is 1. The highest BCUT2D eigenvalue weighted by Gasteiger charge is 2.10. The van der Waals surface area contributed by atoms with Crippen molar-refractivity contribution < 1.29 is 14.3 Å². The number of methoxy groups -OCH3 is 1. The Labute approximate surface area is 201 Å². The van der Waals surface area contributed by atoms with Gasteiger partial charge in [-0.1, -0.05) is 47.5 Å². The Morgan fingerprint density at radius 3 is 2.67 bits per heavy atom. The number of amides is 1. The predicted octanol–water partition coefficient (Wildman–Crippen LogP) is 6.08. The minimum Gasteiger partial charge on any atom is -0.497 e. The lowest BCUT2D eigenvalue weighted by atomic mass is 10.1. The third-order valence-electron chi connectivity index (χ3n) is 4.85. The van der Waals surface area contributed by atoms with Gasteiger partial charge in [0, 0.05) is 16.8 Å². The highest BCUT2D eigenvalue weighted by Crippen LogP contribution is 2.28. The summed E-state index contributed by atoms with van der Waals surface area (Å²) < 4.78 is 12.8. The zero-order valence-corrected chi connectivity index (χ0v) is 19.3. The van der Waals surface area contributed by atoms with Crippen LogP contribution < -0.4 is 14.8 Å². The van der Waals surface area contributed by atoms with Gasteiger partial charge in [-0.15, -0.1) is 0 Å². The van der Waals surface area contributed by atoms with Gasteiger partial charge in [0.1, 0.15) is 18.1 Å². The fourth-order valence-corrected chi connectivity index (χ4v) is 3.69. The molecule has 0 atom stereocenters. The number of nitrogens with zero attached hydrogens (tertiary/aromatic N) is 2. The largest absolute Gasteiger partial charge is 0.497 e. The van der Waals surface area contributed by atoms with E-state index in [0.29, 0.717) is 33.6 Å². The number of carbonyl (C=O) groups excluding carboxylic acids is 1. The number of ether oxygens (including phenoxy) is 2. The molecule has 0 aliphatic rings. The van der Waals surface area contributed by atoms with Gasteiger partial charge in [-0.3, -0.25) is 9.48 Å². The summed E-state index contributed by atoms with van der Waals surface area (Å²) in [6, 6.07) is 20.0. The molecule has 1 amide bonds. The predicted molar refractivity (Wildman–Crippen MR) is 130 cm³/mol. The van der Waals surface area contributed by atoms with Crippen molar-refractivity contribution >= 4 is 34.8 Å². The van der Waals surface area contributed by atoms with Crippen molar-refractivity contribution in [3.05, 3.63) is 106 Å². The van der Waals surface area contributed by atoms with Crippen LogP contribution in [0.4, 0.5) is 5.69 Å². The highest BCUT2D eigenvalue weighted by molar-refractivity contribution is 6.35. The zero-order valence-electron chi connectivity index (χ0n) is 17.8. The Morgan fingerprint density at radius 1 is 1.03 bits per heavy atom. The lowest BCUT2D eigenvalue weighted by Gasteiger charge is -2.09. The van der Waals surface area contributed by atoms with Gasteiger partial charge in [-0.05, 0) is 53.6 Å². The molecule has 0 aliphatic heterocycles. The van der Waals surface area contributed by atoms with Crippen LogP contribution in [0.25, 0.3) is 0 Å². The molecule has 3 aromatic carbocycles. The van der Waals surface area contributed by atoms with Crippen LogP contribution in [-0.2, 0) is 13.2 Å². The fraction of sp³-hybridized carbons (Fsp3) is 0.120. The summed E-state index contributed by atoms with van der Waals surface area (Å²) in [5.41, 5.74) is 3.00. The first-order valence-corrected chi connectivity index (χ1v) is 10.9. The molecule has 0 bridgehead atoms. The summed E-state index contributed by atoms with van der Waals surface area (Å²) >= 11 is 12.1. The van der Waals surface area contributed by atoms with Crippen LogP contribution in [0.15, 0.2) is 79.1 Å². The Bertz CT molecular complexity index is 1270. The lowest BCUT2D eigenvalue weighted by Crippen LogP contribution is -2.12. The molecule has 33 heavy (non-hydrogen) atoms. The molecule has 0 unspecified atom stereocenters. The number of rotatable bonds is 8. The maximum Gasteiger partial charge on any atom is 0.255 e. The molecule has 0 aliphatic carbocycles. The van der Waals surface area contributed by atoms with E-state index in [1.54, 1.807) is 54.5 Å². The highest BCUT2D eigenvalue weighted by atomic mass is 35.5. The van der Waals surface area contributed by atoms with Gasteiger partial charge in [0.2, 0.25) is 0 Å². The van der Waals surface area contributed by atoms with E-state index in [9.17, 15) is 4.79 Å². The average molecular weight is 482 g/mol. The van der Waals surface area contributed by atoms with Crippen LogP contribution in [-0.4, -0.2) is 22.8 Å². The second-order valence-electron chi connectivity index (χ2n) is 7.30. The Morgan fingerprint density at radius 2 is 1.85 bits per heavy atom. The van der Waals surface area contributed by atoms with Gasteiger partial charge in [0.25, 0.3) is 5.91 Å². The quantitative estimate of drug-likeness (QED) is 0.331. The number of nitrogens with one attached hydrogen (secondary N) is 1. The van der Waals surface area contributed by atoms with E-state index < -0.39 is 0 Å². The Hall–Kier alpha value is -3.48. The molecular formula is C25H21Cl2N3O3. The first-order valence-electron chi connectivity index (χ1n) is 10.1. The molecule has 0 saturated heterocycles. The summed E-state index contributed by atoms with van der Waals surface area (Å²) in [4.78, 5) is 12.7. The maximum absolute atomic E-state index is 12.7. The van der Waals surface area contributed by atoms with E-state index in [-0.39, 0.29) is 12.5 Å². The lowest BCUT2D eigenvalue weighted by molar-refractivity contribution is 0.102. The van der Waals surface area contributed by atoms with Crippen molar-refractivity contribution in [2.75, 3.05) is 12.4 Å². The third kappa shape index (κ3) is 6.06. The van der Waals surface area contributed by atoms with Crippen molar-refractivity contribution in [2.45, 2.75) is 13.2 Å². The van der Waals surface area contributed by atoms with E-state index >= 15 is 0 Å². The molecule has 168 valence electrons. The first-order chi connectivity index (χ1) is 16.0. The molecule has 0 radical (unpaired) electrons. The van der Waals surface area contributed by atoms with Crippen molar-refractivity contribution in [1.29, 1.82) is 0 Å². The van der Waals surface area contributed by atoms with Gasteiger partial charge < -0.3 is 14.8 Å². The number of carbonyl (C=O) groups is 1. The van der Waals surface area contributed by atoms with Crippen molar-refractivity contribution in [1.82, 2.24) is 9.78 Å². The SMILES string of the molecule is COc1cccc(Cn2cc(NC(=O)c3cccc(COc4ccc(Cl)cc4Cl)c3)cn2)c1. The molecule has 0 fully saturated rings. The number of hydrogen-bond acceptors (Lipinski definition) is 4. The summed E-state index contributed by atoms with van der Waals surface area (Å²) in [6.07, 6.45) is 3.40. The van der Waals surface area contributed by atoms with Crippen molar-refractivity contribution in [3.8, 4) is 11.5 Å². The van der Waals surface area contributed by atoms with Gasteiger partial charge in [0.05, 0.1) is 30.6 Å². The fourth-order valence-electron chi connectivity index (χ4n) is 3.23. The van der Waals surface area contributed by atoms with E-state index in [1.807, 2.05) is 36.4 Å². The van der Waals surface area contributed by atoms with E-state index in [0.717, 1.165) is 16.9 Å². The molecule has 1 aromatic heterocycles. The first kappa shape index (κ1) is 22.7. The Balaban J connectivity index is 1.37. The molecule has 1 N–H and O–H groups in total. The molecule has 0 spiro atoms. The van der Waals surface area contributed by atoms with Crippen molar-refractivity contribution in [3.63, 3.8) is 0 Å². The van der Waals surface area contributed by atoms with E-state index in [2.05, 4.69) is 10.4 Å². The number of benzene rings is 3. The molecule has 4 aromatic rings. The molecular weight excluding hydrogens is 461 g/mol.